The van der Waals surface area contributed by atoms with Gasteiger partial charge in [-0.2, -0.15) is 16.8 Å². The van der Waals surface area contributed by atoms with Crippen LogP contribution in [0.25, 0.3) is 21.5 Å². The molecule has 4 aromatic rings. The summed E-state index contributed by atoms with van der Waals surface area (Å²) in [6.07, 6.45) is 0.934. The van der Waals surface area contributed by atoms with Gasteiger partial charge in [-0.05, 0) is 23.6 Å². The first-order valence-corrected chi connectivity index (χ1v) is 14.5. The molecule has 0 bridgehead atoms. The Hall–Kier alpha value is -3.63. The summed E-state index contributed by atoms with van der Waals surface area (Å²) in [5.41, 5.74) is -0.766. The molecule has 0 radical (unpaired) electrons. The molecule has 12 nitrogen and oxygen atoms in total. The van der Waals surface area contributed by atoms with Gasteiger partial charge in [0.1, 0.15) is 26.9 Å². The molecule has 0 aliphatic rings. The molecule has 0 atom stereocenters. The van der Waals surface area contributed by atoms with E-state index in [-0.39, 0.29) is 32.1 Å². The molecule has 0 aliphatic carbocycles. The third kappa shape index (κ3) is 4.61. The lowest BCUT2D eigenvalue weighted by atomic mass is 10.1. The number of azo groups is 1. The molecule has 0 unspecified atom stereocenters. The van der Waals surface area contributed by atoms with Crippen molar-refractivity contribution in [3.05, 3.63) is 54.6 Å². The Bertz CT molecular complexity index is 1930. The van der Waals surface area contributed by atoms with Crippen LogP contribution in [0.1, 0.15) is 0 Å². The molecule has 188 valence electrons. The third-order valence-electron chi connectivity index (χ3n) is 5.21. The van der Waals surface area contributed by atoms with Crippen LogP contribution in [0.3, 0.4) is 0 Å². The average molecular weight is 553 g/mol. The van der Waals surface area contributed by atoms with E-state index in [4.69, 9.17) is 0 Å². The lowest BCUT2D eigenvalue weighted by molar-refractivity contribution is 0.445. The number of hydrogen-bond donors (Lipinski definition) is 4. The highest BCUT2D eigenvalue weighted by atomic mass is 32.2. The second-order valence-corrected chi connectivity index (χ2v) is 12.5. The van der Waals surface area contributed by atoms with Crippen LogP contribution in [-0.2, 0) is 30.1 Å². The molecule has 0 saturated carbocycles. The maximum absolute atomic E-state index is 11.9. The van der Waals surface area contributed by atoms with Crippen LogP contribution in [0.2, 0.25) is 0 Å². The van der Waals surface area contributed by atoms with Crippen LogP contribution in [0.4, 0.5) is 11.4 Å². The number of nitrogens with zero attached hydrogens (tertiary/aromatic N) is 2. The SMILES string of the molecule is CS(=O)(=O)c1ccc2c(N=Nc3c(O)cc(S(=O)(=O)O)c4ccccc34)c(O)c(S(=O)(=O)O)cc2c1. The molecule has 36 heavy (non-hydrogen) atoms. The Morgan fingerprint density at radius 1 is 0.667 bits per heavy atom. The zero-order valence-corrected chi connectivity index (χ0v) is 20.5. The van der Waals surface area contributed by atoms with E-state index in [2.05, 4.69) is 10.2 Å². The van der Waals surface area contributed by atoms with E-state index in [9.17, 15) is 44.6 Å². The van der Waals surface area contributed by atoms with E-state index in [1.807, 2.05) is 0 Å². The third-order valence-corrected chi connectivity index (χ3v) is 8.09. The number of phenolic OH excluding ortho intramolecular Hbond substituents is 2. The number of fused-ring (bicyclic) bond motifs is 2. The van der Waals surface area contributed by atoms with E-state index in [0.29, 0.717) is 0 Å². The van der Waals surface area contributed by atoms with Gasteiger partial charge < -0.3 is 10.2 Å². The van der Waals surface area contributed by atoms with Gasteiger partial charge in [0.15, 0.2) is 15.6 Å². The van der Waals surface area contributed by atoms with E-state index in [1.54, 1.807) is 0 Å². The summed E-state index contributed by atoms with van der Waals surface area (Å²) < 4.78 is 90.1. The highest BCUT2D eigenvalue weighted by molar-refractivity contribution is 7.90. The summed E-state index contributed by atoms with van der Waals surface area (Å²) in [4.78, 5) is -1.73. The van der Waals surface area contributed by atoms with Gasteiger partial charge in [0.05, 0.1) is 4.90 Å². The van der Waals surface area contributed by atoms with Gasteiger partial charge in [0, 0.05) is 28.5 Å². The van der Waals surface area contributed by atoms with Gasteiger partial charge in [0.25, 0.3) is 20.2 Å². The average Bonchev–Trinajstić information content (AvgIpc) is 2.76. The van der Waals surface area contributed by atoms with Crippen LogP contribution < -0.4 is 0 Å². The van der Waals surface area contributed by atoms with Gasteiger partial charge in [-0.15, -0.1) is 10.2 Å². The summed E-state index contributed by atoms with van der Waals surface area (Å²) in [6.45, 7) is 0. The van der Waals surface area contributed by atoms with Crippen molar-refractivity contribution in [2.75, 3.05) is 6.26 Å². The zero-order valence-electron chi connectivity index (χ0n) is 18.1. The molecule has 0 fully saturated rings. The molecule has 0 aromatic heterocycles. The number of rotatable bonds is 5. The van der Waals surface area contributed by atoms with E-state index < -0.39 is 57.1 Å². The highest BCUT2D eigenvalue weighted by Gasteiger charge is 2.24. The minimum atomic E-state index is -4.99. The van der Waals surface area contributed by atoms with E-state index in [1.165, 1.54) is 36.4 Å². The molecule has 0 saturated heterocycles. The van der Waals surface area contributed by atoms with Crippen LogP contribution in [-0.4, -0.2) is 50.8 Å². The quantitative estimate of drug-likeness (QED) is 0.208. The normalized spacial score (nSPS) is 13.1. The van der Waals surface area contributed by atoms with Crippen LogP contribution in [0.5, 0.6) is 11.5 Å². The first-order chi connectivity index (χ1) is 16.6. The number of sulfone groups is 1. The maximum Gasteiger partial charge on any atom is 0.298 e. The topological polar surface area (TPSA) is 208 Å². The standard InChI is InChI=1S/C21H16N2O10S3/c1-34(26,27)12-6-7-13-11(8-12)9-18(36(31,32)33)21(25)20(13)23-22-19-15-5-3-2-4-14(15)17(10-16(19)24)35(28,29)30/h2-10,24-25H,1H3,(H,28,29,30)(H,31,32,33). The molecule has 4 N–H and O–H groups in total. The Morgan fingerprint density at radius 2 is 1.25 bits per heavy atom. The summed E-state index contributed by atoms with van der Waals surface area (Å²) >= 11 is 0. The zero-order chi connectivity index (χ0) is 26.6. The molecule has 0 heterocycles. The molecule has 0 spiro atoms. The molecular weight excluding hydrogens is 536 g/mol. The molecule has 4 aromatic carbocycles. The number of benzene rings is 4. The number of aromatic hydroxyl groups is 2. The van der Waals surface area contributed by atoms with Crippen molar-refractivity contribution in [1.29, 1.82) is 0 Å². The molecule has 15 heteroatoms. The Morgan fingerprint density at radius 3 is 1.83 bits per heavy atom. The van der Waals surface area contributed by atoms with Crippen molar-refractivity contribution in [3.63, 3.8) is 0 Å². The number of hydrogen-bond acceptors (Lipinski definition) is 10. The Balaban J connectivity index is 2.04. The Labute approximate surface area is 204 Å². The summed E-state index contributed by atoms with van der Waals surface area (Å²) in [5.74, 6) is -1.71. The highest BCUT2D eigenvalue weighted by Crippen LogP contribution is 2.44. The van der Waals surface area contributed by atoms with Crippen molar-refractivity contribution >= 4 is 63.0 Å². The van der Waals surface area contributed by atoms with E-state index in [0.717, 1.165) is 24.5 Å². The van der Waals surface area contributed by atoms with Crippen molar-refractivity contribution < 1.29 is 44.6 Å². The van der Waals surface area contributed by atoms with Gasteiger partial charge in [-0.1, -0.05) is 30.3 Å². The van der Waals surface area contributed by atoms with Gasteiger partial charge in [-0.3, -0.25) is 9.11 Å². The Kier molecular flexibility index (Phi) is 6.01. The predicted octanol–water partition coefficient (Wildman–Crippen LogP) is 3.72. The fourth-order valence-corrected chi connectivity index (χ4v) is 5.58. The largest absolute Gasteiger partial charge is 0.506 e. The monoisotopic (exact) mass is 552 g/mol. The smallest absolute Gasteiger partial charge is 0.298 e. The summed E-state index contributed by atoms with van der Waals surface area (Å²) in [7, 11) is -13.4. The van der Waals surface area contributed by atoms with Crippen molar-refractivity contribution in [2.24, 2.45) is 10.2 Å². The first kappa shape index (κ1) is 25.5. The molecule has 0 amide bonds. The first-order valence-electron chi connectivity index (χ1n) is 9.70. The molecule has 0 aliphatic heterocycles. The van der Waals surface area contributed by atoms with Crippen LogP contribution >= 0.6 is 0 Å². The second kappa shape index (κ2) is 8.49. The van der Waals surface area contributed by atoms with E-state index >= 15 is 0 Å². The van der Waals surface area contributed by atoms with Gasteiger partial charge in [0.2, 0.25) is 0 Å². The lowest BCUT2D eigenvalue weighted by Gasteiger charge is -2.11. The van der Waals surface area contributed by atoms with Gasteiger partial charge >= 0.3 is 0 Å². The summed E-state index contributed by atoms with van der Waals surface area (Å²) in [5, 5.41) is 28.8. The summed E-state index contributed by atoms with van der Waals surface area (Å²) in [6, 6.07) is 10.9. The molecule has 4 rings (SSSR count). The van der Waals surface area contributed by atoms with Crippen molar-refractivity contribution in [2.45, 2.75) is 14.7 Å². The maximum atomic E-state index is 11.9. The van der Waals surface area contributed by atoms with Crippen molar-refractivity contribution in [3.8, 4) is 11.5 Å². The minimum absolute atomic E-state index is 0.00897. The van der Waals surface area contributed by atoms with Crippen LogP contribution in [0, 0.1) is 0 Å². The minimum Gasteiger partial charge on any atom is -0.506 e. The second-order valence-electron chi connectivity index (χ2n) is 7.67. The fraction of sp³-hybridized carbons (Fsp3) is 0.0476. The fourth-order valence-electron chi connectivity index (χ4n) is 3.59. The number of phenols is 2. The van der Waals surface area contributed by atoms with Crippen molar-refractivity contribution in [1.82, 2.24) is 0 Å². The predicted molar refractivity (Wildman–Crippen MR) is 128 cm³/mol. The van der Waals surface area contributed by atoms with Crippen LogP contribution in [0.15, 0.2) is 79.5 Å². The van der Waals surface area contributed by atoms with Gasteiger partial charge in [-0.25, -0.2) is 8.42 Å². The molecular formula is C21H16N2O10S3. The lowest BCUT2D eigenvalue weighted by Crippen LogP contribution is -2.00.